The van der Waals surface area contributed by atoms with Gasteiger partial charge in [0.15, 0.2) is 0 Å². The van der Waals surface area contributed by atoms with Crippen molar-refractivity contribution < 1.29 is 41.9 Å². The third-order valence-electron chi connectivity index (χ3n) is 5.14. The van der Waals surface area contributed by atoms with E-state index in [0.717, 1.165) is 0 Å². The summed E-state index contributed by atoms with van der Waals surface area (Å²) in [6, 6.07) is 0. The zero-order chi connectivity index (χ0) is 24.3. The molecular weight excluding hydrogens is 465 g/mol. The van der Waals surface area contributed by atoms with Crippen LogP contribution in [-0.2, 0) is 27.3 Å². The van der Waals surface area contributed by atoms with Gasteiger partial charge < -0.3 is 28.3 Å². The molecule has 0 rings (SSSR count). The molecule has 0 fully saturated rings. The van der Waals surface area contributed by atoms with Crippen molar-refractivity contribution in [1.82, 2.24) is 0 Å². The normalized spacial score (nSPS) is 19.4. The van der Waals surface area contributed by atoms with Crippen LogP contribution in [0.3, 0.4) is 0 Å². The summed E-state index contributed by atoms with van der Waals surface area (Å²) in [5, 5.41) is 0. The highest BCUT2D eigenvalue weighted by atomic mass is 31.2. The van der Waals surface area contributed by atoms with Crippen LogP contribution < -0.4 is 0 Å². The third kappa shape index (κ3) is 13.7. The molecule has 3 atom stereocenters. The fraction of sp³-hybridized carbons (Fsp3) is 1.00. The Morgan fingerprint density at radius 2 is 0.710 bits per heavy atom. The molecule has 0 saturated carbocycles. The number of hydrogen-bond donors (Lipinski definition) is 3. The van der Waals surface area contributed by atoms with Crippen LogP contribution >= 0.6 is 22.8 Å². The SMILES string of the molecule is CCC(CC)OP(=O)(O)CC(CP(=O)(O)OC(CC)CC)CP(=O)(O)OC(CC)CC. The lowest BCUT2D eigenvalue weighted by atomic mass is 10.2. The summed E-state index contributed by atoms with van der Waals surface area (Å²) < 4.78 is 54.1. The molecular formula is C19H43O9P3. The summed E-state index contributed by atoms with van der Waals surface area (Å²) in [7, 11) is -12.5. The molecule has 0 radical (unpaired) electrons. The van der Waals surface area contributed by atoms with Crippen molar-refractivity contribution >= 4 is 22.8 Å². The van der Waals surface area contributed by atoms with Crippen LogP contribution in [0, 0.1) is 5.92 Å². The quantitative estimate of drug-likeness (QED) is 0.197. The molecule has 31 heavy (non-hydrogen) atoms. The van der Waals surface area contributed by atoms with Gasteiger partial charge in [-0.15, -0.1) is 0 Å². The summed E-state index contributed by atoms with van der Waals surface area (Å²) in [5.41, 5.74) is 0. The molecule has 12 heteroatoms. The zero-order valence-electron chi connectivity index (χ0n) is 19.8. The van der Waals surface area contributed by atoms with Gasteiger partial charge in [0.1, 0.15) is 0 Å². The Hall–Kier alpha value is 0.450. The minimum Gasteiger partial charge on any atom is -0.324 e. The minimum atomic E-state index is -4.18. The van der Waals surface area contributed by atoms with Gasteiger partial charge in [0.2, 0.25) is 0 Å². The second-order valence-electron chi connectivity index (χ2n) is 7.96. The van der Waals surface area contributed by atoms with Gasteiger partial charge in [-0.05, 0) is 44.4 Å². The molecule has 0 aliphatic rings. The lowest BCUT2D eigenvalue weighted by molar-refractivity contribution is 0.157. The highest BCUT2D eigenvalue weighted by Crippen LogP contribution is 2.55. The molecule has 0 spiro atoms. The van der Waals surface area contributed by atoms with E-state index in [-0.39, 0.29) is 0 Å². The second kappa shape index (κ2) is 14.7. The summed E-state index contributed by atoms with van der Waals surface area (Å²) in [5.74, 6) is -1.07. The molecule has 0 aromatic heterocycles. The Bertz CT molecular complexity index is 546. The third-order valence-corrected chi connectivity index (χ3v) is 9.96. The maximum Gasteiger partial charge on any atom is 0.328 e. The van der Waals surface area contributed by atoms with Crippen LogP contribution in [0.1, 0.15) is 80.1 Å². The first-order chi connectivity index (χ1) is 14.3. The minimum absolute atomic E-state index is 0.444. The van der Waals surface area contributed by atoms with Crippen molar-refractivity contribution in [3.63, 3.8) is 0 Å². The summed E-state index contributed by atoms with van der Waals surface area (Å²) in [4.78, 5) is 31.1. The highest BCUT2D eigenvalue weighted by molar-refractivity contribution is 7.55. The van der Waals surface area contributed by atoms with E-state index in [1.807, 2.05) is 41.5 Å². The molecule has 3 unspecified atom stereocenters. The van der Waals surface area contributed by atoms with Crippen molar-refractivity contribution in [3.05, 3.63) is 0 Å². The molecule has 0 saturated heterocycles. The Morgan fingerprint density at radius 3 is 0.871 bits per heavy atom. The maximum absolute atomic E-state index is 12.7. The Balaban J connectivity index is 5.62. The van der Waals surface area contributed by atoms with Crippen LogP contribution in [-0.4, -0.2) is 51.5 Å². The summed E-state index contributed by atoms with van der Waals surface area (Å²) >= 11 is 0. The molecule has 0 aliphatic carbocycles. The molecule has 0 bridgehead atoms. The topological polar surface area (TPSA) is 140 Å². The van der Waals surface area contributed by atoms with Crippen LogP contribution in [0.25, 0.3) is 0 Å². The number of rotatable bonds is 18. The zero-order valence-corrected chi connectivity index (χ0v) is 22.5. The lowest BCUT2D eigenvalue weighted by Crippen LogP contribution is -2.23. The predicted molar refractivity (Wildman–Crippen MR) is 124 cm³/mol. The van der Waals surface area contributed by atoms with Gasteiger partial charge in [-0.25, -0.2) is 0 Å². The van der Waals surface area contributed by atoms with Crippen molar-refractivity contribution in [2.45, 2.75) is 98.4 Å². The molecule has 0 heterocycles. The van der Waals surface area contributed by atoms with E-state index in [0.29, 0.717) is 38.5 Å². The summed E-state index contributed by atoms with van der Waals surface area (Å²) in [6.45, 7) is 10.9. The van der Waals surface area contributed by atoms with Crippen LogP contribution in [0.2, 0.25) is 0 Å². The molecule has 3 N–H and O–H groups in total. The van der Waals surface area contributed by atoms with E-state index in [9.17, 15) is 28.4 Å². The van der Waals surface area contributed by atoms with Crippen LogP contribution in [0.15, 0.2) is 0 Å². The highest BCUT2D eigenvalue weighted by Gasteiger charge is 2.38. The van der Waals surface area contributed by atoms with Crippen molar-refractivity contribution in [2.24, 2.45) is 5.92 Å². The predicted octanol–water partition coefficient (Wildman–Crippen LogP) is 5.77. The average Bonchev–Trinajstić information content (AvgIpc) is 2.67. The Kier molecular flexibility index (Phi) is 14.9. The van der Waals surface area contributed by atoms with Crippen molar-refractivity contribution in [3.8, 4) is 0 Å². The largest absolute Gasteiger partial charge is 0.328 e. The fourth-order valence-corrected chi connectivity index (χ4v) is 9.19. The average molecular weight is 508 g/mol. The Morgan fingerprint density at radius 1 is 0.516 bits per heavy atom. The maximum atomic E-state index is 12.7. The smallest absolute Gasteiger partial charge is 0.324 e. The molecule has 0 aromatic rings. The van der Waals surface area contributed by atoms with Gasteiger partial charge in [0, 0.05) is 0 Å². The van der Waals surface area contributed by atoms with Gasteiger partial charge in [-0.2, -0.15) is 0 Å². The molecule has 0 aromatic carbocycles. The molecule has 188 valence electrons. The second-order valence-corrected chi connectivity index (χ2v) is 13.5. The number of hydrogen-bond acceptors (Lipinski definition) is 6. The monoisotopic (exact) mass is 508 g/mol. The van der Waals surface area contributed by atoms with Crippen molar-refractivity contribution in [1.29, 1.82) is 0 Å². The van der Waals surface area contributed by atoms with Crippen LogP contribution in [0.5, 0.6) is 0 Å². The van der Waals surface area contributed by atoms with E-state index in [4.69, 9.17) is 13.6 Å². The first-order valence-electron chi connectivity index (χ1n) is 11.3. The van der Waals surface area contributed by atoms with Gasteiger partial charge in [-0.3, -0.25) is 13.7 Å². The van der Waals surface area contributed by atoms with E-state index in [1.54, 1.807) is 0 Å². The molecule has 9 nitrogen and oxygen atoms in total. The first-order valence-corrected chi connectivity index (χ1v) is 16.6. The van der Waals surface area contributed by atoms with Crippen LogP contribution in [0.4, 0.5) is 0 Å². The van der Waals surface area contributed by atoms with E-state index in [2.05, 4.69) is 0 Å². The van der Waals surface area contributed by atoms with Gasteiger partial charge >= 0.3 is 22.8 Å². The van der Waals surface area contributed by atoms with Gasteiger partial charge in [0.25, 0.3) is 0 Å². The van der Waals surface area contributed by atoms with E-state index in [1.165, 1.54) is 0 Å². The van der Waals surface area contributed by atoms with E-state index >= 15 is 0 Å². The lowest BCUT2D eigenvalue weighted by Gasteiger charge is -2.28. The molecule has 0 aliphatic heterocycles. The standard InChI is InChI=1S/C19H43O9P3/c1-7-17(8-2)26-29(20,21)13-16(14-30(22,23)27-18(9-3)10-4)15-31(24,25)28-19(11-5)12-6/h16-19H,7-15H2,1-6H3,(H,20,21)(H,22,23)(H,24,25). The van der Waals surface area contributed by atoms with E-state index < -0.39 is 65.5 Å². The van der Waals surface area contributed by atoms with Crippen molar-refractivity contribution in [2.75, 3.05) is 18.5 Å². The molecule has 0 amide bonds. The Labute approximate surface area is 187 Å². The van der Waals surface area contributed by atoms with Gasteiger partial charge in [0.05, 0.1) is 36.8 Å². The first kappa shape index (κ1) is 31.4. The fourth-order valence-electron chi connectivity index (χ4n) is 3.29. The van der Waals surface area contributed by atoms with Gasteiger partial charge in [-0.1, -0.05) is 41.5 Å². The summed E-state index contributed by atoms with van der Waals surface area (Å²) in [6.07, 6.45) is 0.231.